The van der Waals surface area contributed by atoms with Gasteiger partial charge in [-0.05, 0) is 47.6 Å². The van der Waals surface area contributed by atoms with Gasteiger partial charge in [0.25, 0.3) is 5.91 Å². The summed E-state index contributed by atoms with van der Waals surface area (Å²) in [7, 11) is 0. The highest BCUT2D eigenvalue weighted by Gasteiger charge is 2.34. The van der Waals surface area contributed by atoms with Crippen LogP contribution in [0.2, 0.25) is 0 Å². The van der Waals surface area contributed by atoms with Gasteiger partial charge in [-0.25, -0.2) is 9.67 Å². The molecule has 0 unspecified atom stereocenters. The summed E-state index contributed by atoms with van der Waals surface area (Å²) in [4.78, 5) is 29.5. The van der Waals surface area contributed by atoms with E-state index < -0.39 is 10.3 Å². The zero-order valence-electron chi connectivity index (χ0n) is 20.0. The maximum Gasteiger partial charge on any atom is 0.322 e. The van der Waals surface area contributed by atoms with Gasteiger partial charge < -0.3 is 10.1 Å². The van der Waals surface area contributed by atoms with Crippen LogP contribution in [0.4, 0.5) is 0 Å². The second-order valence-electron chi connectivity index (χ2n) is 8.83. The molecular formula is C24H32N4O3S2. The van der Waals surface area contributed by atoms with Crippen molar-refractivity contribution >= 4 is 40.7 Å². The second-order valence-corrected chi connectivity index (χ2v) is 11.6. The van der Waals surface area contributed by atoms with Gasteiger partial charge in [0.2, 0.25) is 0 Å². The van der Waals surface area contributed by atoms with Crippen molar-refractivity contribution in [3.63, 3.8) is 0 Å². The molecule has 2 aromatic rings. The van der Waals surface area contributed by atoms with E-state index in [2.05, 4.69) is 22.0 Å². The van der Waals surface area contributed by atoms with Gasteiger partial charge >= 0.3 is 5.97 Å². The number of hydrogen-bond acceptors (Lipinski definition) is 7. The Balaban J connectivity index is 1.87. The molecule has 0 bridgehead atoms. The molecule has 1 N–H and O–H groups in total. The molecule has 1 amide bonds. The number of ether oxygens (including phenoxy) is 1. The number of thiazole rings is 1. The Morgan fingerprint density at radius 3 is 2.67 bits per heavy atom. The molecule has 0 aliphatic carbocycles. The lowest BCUT2D eigenvalue weighted by molar-refractivity contribution is -0.156. The highest BCUT2D eigenvalue weighted by Crippen LogP contribution is 2.36. The summed E-state index contributed by atoms with van der Waals surface area (Å²) in [6.07, 6.45) is 11.1. The summed E-state index contributed by atoms with van der Waals surface area (Å²) in [5.41, 5.74) is 1.71. The monoisotopic (exact) mass is 488 g/mol. The van der Waals surface area contributed by atoms with Gasteiger partial charge in [0.05, 0.1) is 17.5 Å². The predicted octanol–water partition coefficient (Wildman–Crippen LogP) is 5.13. The number of amides is 1. The minimum Gasteiger partial charge on any atom is -0.459 e. The van der Waals surface area contributed by atoms with Crippen LogP contribution in [0, 0.1) is 0 Å². The Kier molecular flexibility index (Phi) is 9.25. The first kappa shape index (κ1) is 26.6. The Morgan fingerprint density at radius 1 is 1.27 bits per heavy atom. The van der Waals surface area contributed by atoms with Crippen LogP contribution in [0.5, 0.6) is 0 Å². The first-order valence-corrected chi connectivity index (χ1v) is 12.3. The van der Waals surface area contributed by atoms with E-state index >= 15 is 0 Å². The number of nitrogens with zero attached hydrogens (tertiary/aromatic N) is 3. The topological polar surface area (TPSA) is 86.1 Å². The molecule has 7 nitrogen and oxygen atoms in total. The van der Waals surface area contributed by atoms with Crippen LogP contribution in [0.15, 0.2) is 53.0 Å². The molecule has 0 atom stereocenters. The number of esters is 1. The fraction of sp³-hybridized carbons (Fsp3) is 0.417. The number of hydrogen-bond donors (Lipinski definition) is 1. The number of nitrogens with one attached hydrogen (secondary N) is 1. The molecule has 0 fully saturated rings. The molecule has 0 aliphatic rings. The van der Waals surface area contributed by atoms with Crippen molar-refractivity contribution in [3.8, 4) is 0 Å². The molecular weight excluding hydrogens is 456 g/mol. The summed E-state index contributed by atoms with van der Waals surface area (Å²) in [5, 5.41) is 9.08. The van der Waals surface area contributed by atoms with Crippen LogP contribution in [-0.2, 0) is 16.0 Å². The fourth-order valence-corrected chi connectivity index (χ4v) is 4.76. The Bertz CT molecular complexity index is 1040. The van der Waals surface area contributed by atoms with E-state index in [9.17, 15) is 9.59 Å². The van der Waals surface area contributed by atoms with Gasteiger partial charge in [0.1, 0.15) is 10.3 Å². The number of carbonyl (C=O) groups is 2. The number of carbonyl (C=O) groups excluding carboxylic acids is 2. The Hall–Kier alpha value is -2.65. The smallest absolute Gasteiger partial charge is 0.322 e. The number of aromatic nitrogens is 3. The predicted molar refractivity (Wildman–Crippen MR) is 135 cm³/mol. The standard InChI is InChI=1S/C24H32N4O3S2/c1-8-9-10-11-17(2)28-15-18(14-26-28)20(29)25-13-12-19-16-32-22(27-19)33-24(6,7)21(30)31-23(3,4)5/h8-11,14-16H,1,12-13H2,2-7H3,(H,25,29)/b10-9-,17-11+. The van der Waals surface area contributed by atoms with E-state index in [1.165, 1.54) is 23.1 Å². The van der Waals surface area contributed by atoms with Crippen LogP contribution < -0.4 is 5.32 Å². The van der Waals surface area contributed by atoms with Gasteiger partial charge in [-0.3, -0.25) is 9.59 Å². The fourth-order valence-electron chi connectivity index (χ4n) is 2.50. The third-order valence-electron chi connectivity index (χ3n) is 4.22. The number of rotatable bonds is 10. The van der Waals surface area contributed by atoms with E-state index in [1.807, 2.05) is 65.2 Å². The van der Waals surface area contributed by atoms with E-state index in [0.29, 0.717) is 18.5 Å². The highest BCUT2D eigenvalue weighted by molar-refractivity contribution is 8.03. The molecule has 0 spiro atoms. The van der Waals surface area contributed by atoms with E-state index in [-0.39, 0.29) is 11.9 Å². The number of allylic oxidation sites excluding steroid dienone is 5. The zero-order chi connectivity index (χ0) is 24.6. The molecule has 2 rings (SSSR count). The van der Waals surface area contributed by atoms with E-state index in [1.54, 1.807) is 23.2 Å². The molecule has 178 valence electrons. The van der Waals surface area contributed by atoms with Crippen molar-refractivity contribution in [1.82, 2.24) is 20.1 Å². The minimum absolute atomic E-state index is 0.188. The van der Waals surface area contributed by atoms with Gasteiger partial charge in [0.15, 0.2) is 4.34 Å². The third-order valence-corrected chi connectivity index (χ3v) is 6.39. The zero-order valence-corrected chi connectivity index (χ0v) is 21.7. The van der Waals surface area contributed by atoms with Crippen molar-refractivity contribution in [2.75, 3.05) is 6.54 Å². The Labute approximate surface area is 204 Å². The van der Waals surface area contributed by atoms with Crippen LogP contribution in [0.3, 0.4) is 0 Å². The number of thioether (sulfide) groups is 1. The summed E-state index contributed by atoms with van der Waals surface area (Å²) < 4.78 is 7.21. The van der Waals surface area contributed by atoms with Crippen molar-refractivity contribution in [2.24, 2.45) is 0 Å². The molecule has 9 heteroatoms. The SMILES string of the molecule is C=C/C=C\C=C(/C)n1cc(C(=O)NCCc2csc(SC(C)(C)C(=O)OC(C)(C)C)n2)cn1. The van der Waals surface area contributed by atoms with Crippen molar-refractivity contribution in [1.29, 1.82) is 0 Å². The lowest BCUT2D eigenvalue weighted by Gasteiger charge is -2.27. The first-order valence-electron chi connectivity index (χ1n) is 10.6. The van der Waals surface area contributed by atoms with E-state index in [0.717, 1.165) is 15.7 Å². The maximum absolute atomic E-state index is 12.5. The van der Waals surface area contributed by atoms with Crippen molar-refractivity contribution < 1.29 is 14.3 Å². The normalized spacial score (nSPS) is 12.7. The van der Waals surface area contributed by atoms with Gasteiger partial charge in [-0.2, -0.15) is 5.10 Å². The quantitative estimate of drug-likeness (QED) is 0.284. The van der Waals surface area contributed by atoms with Crippen LogP contribution in [0.1, 0.15) is 57.6 Å². The average Bonchev–Trinajstić information content (AvgIpc) is 3.36. The lowest BCUT2D eigenvalue weighted by atomic mass is 10.1. The van der Waals surface area contributed by atoms with Gasteiger partial charge in [0, 0.05) is 30.2 Å². The summed E-state index contributed by atoms with van der Waals surface area (Å²) in [6, 6.07) is 0. The van der Waals surface area contributed by atoms with Crippen molar-refractivity contribution in [2.45, 2.75) is 62.7 Å². The largest absolute Gasteiger partial charge is 0.459 e. The molecule has 33 heavy (non-hydrogen) atoms. The molecule has 0 saturated carbocycles. The lowest BCUT2D eigenvalue weighted by Crippen LogP contribution is -2.36. The van der Waals surface area contributed by atoms with Crippen LogP contribution >= 0.6 is 23.1 Å². The van der Waals surface area contributed by atoms with Crippen LogP contribution in [-0.4, -0.2) is 43.5 Å². The summed E-state index contributed by atoms with van der Waals surface area (Å²) in [5.74, 6) is -0.460. The van der Waals surface area contributed by atoms with E-state index in [4.69, 9.17) is 4.74 Å². The molecule has 0 aliphatic heterocycles. The Morgan fingerprint density at radius 2 is 2.00 bits per heavy atom. The molecule has 0 aromatic carbocycles. The van der Waals surface area contributed by atoms with Crippen molar-refractivity contribution in [3.05, 3.63) is 59.9 Å². The average molecular weight is 489 g/mol. The summed E-state index contributed by atoms with van der Waals surface area (Å²) in [6.45, 7) is 15.2. The maximum atomic E-state index is 12.5. The van der Waals surface area contributed by atoms with Gasteiger partial charge in [-0.15, -0.1) is 11.3 Å². The third kappa shape index (κ3) is 8.66. The highest BCUT2D eigenvalue weighted by atomic mass is 32.2. The van der Waals surface area contributed by atoms with Crippen LogP contribution in [0.25, 0.3) is 5.70 Å². The summed E-state index contributed by atoms with van der Waals surface area (Å²) >= 11 is 2.87. The molecule has 0 radical (unpaired) electrons. The minimum atomic E-state index is -0.745. The molecule has 0 saturated heterocycles. The second kappa shape index (κ2) is 11.5. The van der Waals surface area contributed by atoms with Gasteiger partial charge in [-0.1, -0.05) is 36.6 Å². The first-order chi connectivity index (χ1) is 15.4. The molecule has 2 aromatic heterocycles. The molecule has 2 heterocycles.